The number of aromatic nitrogens is 1. The molecule has 6 heteroatoms. The highest BCUT2D eigenvalue weighted by atomic mass is 79.9. The maximum atomic E-state index is 12.8. The predicted molar refractivity (Wildman–Crippen MR) is 57.2 cm³/mol. The first-order chi connectivity index (χ1) is 7.48. The molecular weight excluding hydrogens is 285 g/mol. The van der Waals surface area contributed by atoms with E-state index < -0.39 is 11.9 Å². The molecule has 1 atom stereocenters. The van der Waals surface area contributed by atoms with Gasteiger partial charge in [-0.2, -0.15) is 13.2 Å². The van der Waals surface area contributed by atoms with Crippen LogP contribution in [0.15, 0.2) is 16.7 Å². The molecular formula is C10H10BrF3N2. The second kappa shape index (κ2) is 4.33. The number of nitrogens with zero attached hydrogens (tertiary/aromatic N) is 1. The summed E-state index contributed by atoms with van der Waals surface area (Å²) in [6.07, 6.45) is -3.66. The van der Waals surface area contributed by atoms with Crippen molar-refractivity contribution in [3.63, 3.8) is 0 Å². The molecule has 1 fully saturated rings. The number of nitrogens with one attached hydrogen (secondary N) is 1. The molecule has 1 aliphatic heterocycles. The van der Waals surface area contributed by atoms with Gasteiger partial charge in [-0.3, -0.25) is 0 Å². The number of rotatable bonds is 1. The molecule has 1 unspecified atom stereocenters. The molecule has 0 radical (unpaired) electrons. The first kappa shape index (κ1) is 11.9. The number of halogens is 4. The molecule has 2 heterocycles. The largest absolute Gasteiger partial charge is 0.433 e. The van der Waals surface area contributed by atoms with E-state index in [1.807, 2.05) is 0 Å². The third-order valence-corrected chi connectivity index (χ3v) is 3.10. The SMILES string of the molecule is FC(F)(F)c1nc(Br)ccc1C1CCNC1. The van der Waals surface area contributed by atoms with Gasteiger partial charge in [0.1, 0.15) is 10.3 Å². The first-order valence-corrected chi connectivity index (χ1v) is 5.72. The summed E-state index contributed by atoms with van der Waals surface area (Å²) in [7, 11) is 0. The van der Waals surface area contributed by atoms with Crippen LogP contribution >= 0.6 is 15.9 Å². The minimum atomic E-state index is -4.39. The third-order valence-electron chi connectivity index (χ3n) is 2.66. The Morgan fingerprint density at radius 3 is 2.69 bits per heavy atom. The van der Waals surface area contributed by atoms with Crippen LogP contribution in [0.1, 0.15) is 23.6 Å². The van der Waals surface area contributed by atoms with Gasteiger partial charge in [0.15, 0.2) is 0 Å². The average Bonchev–Trinajstić information content (AvgIpc) is 2.69. The van der Waals surface area contributed by atoms with Crippen molar-refractivity contribution in [3.05, 3.63) is 28.0 Å². The van der Waals surface area contributed by atoms with Crippen LogP contribution in [0.3, 0.4) is 0 Å². The van der Waals surface area contributed by atoms with E-state index in [0.717, 1.165) is 13.0 Å². The second-order valence-corrected chi connectivity index (χ2v) is 4.57. The van der Waals surface area contributed by atoms with Crippen molar-refractivity contribution in [2.24, 2.45) is 0 Å². The molecule has 0 saturated carbocycles. The van der Waals surface area contributed by atoms with Gasteiger partial charge in [0.2, 0.25) is 0 Å². The summed E-state index contributed by atoms with van der Waals surface area (Å²) in [5.74, 6) is -0.0859. The van der Waals surface area contributed by atoms with Crippen molar-refractivity contribution in [3.8, 4) is 0 Å². The fourth-order valence-corrected chi connectivity index (χ4v) is 2.23. The maximum absolute atomic E-state index is 12.8. The van der Waals surface area contributed by atoms with Crippen LogP contribution in [0.5, 0.6) is 0 Å². The van der Waals surface area contributed by atoms with Gasteiger partial charge in [0, 0.05) is 6.54 Å². The molecule has 1 N–H and O–H groups in total. The van der Waals surface area contributed by atoms with Crippen LogP contribution in [0.2, 0.25) is 0 Å². The van der Waals surface area contributed by atoms with Gasteiger partial charge in [-0.05, 0) is 46.4 Å². The minimum absolute atomic E-state index is 0.0859. The molecule has 16 heavy (non-hydrogen) atoms. The Labute approximate surface area is 99.4 Å². The van der Waals surface area contributed by atoms with Crippen molar-refractivity contribution >= 4 is 15.9 Å². The lowest BCUT2D eigenvalue weighted by molar-refractivity contribution is -0.142. The number of hydrogen-bond donors (Lipinski definition) is 1. The van der Waals surface area contributed by atoms with E-state index in [1.54, 1.807) is 6.07 Å². The second-order valence-electron chi connectivity index (χ2n) is 3.76. The molecule has 1 aliphatic rings. The molecule has 88 valence electrons. The Balaban J connectivity index is 2.43. The number of hydrogen-bond acceptors (Lipinski definition) is 2. The molecule has 0 aliphatic carbocycles. The average molecular weight is 295 g/mol. The van der Waals surface area contributed by atoms with E-state index in [2.05, 4.69) is 26.2 Å². The van der Waals surface area contributed by atoms with Gasteiger partial charge in [0.05, 0.1) is 0 Å². The topological polar surface area (TPSA) is 24.9 Å². The van der Waals surface area contributed by atoms with E-state index in [0.29, 0.717) is 12.1 Å². The van der Waals surface area contributed by atoms with Crippen LogP contribution in [-0.4, -0.2) is 18.1 Å². The van der Waals surface area contributed by atoms with Crippen LogP contribution in [-0.2, 0) is 6.18 Å². The molecule has 0 amide bonds. The molecule has 1 saturated heterocycles. The molecule has 0 spiro atoms. The lowest BCUT2D eigenvalue weighted by Crippen LogP contribution is -2.16. The van der Waals surface area contributed by atoms with E-state index in [1.165, 1.54) is 6.07 Å². The highest BCUT2D eigenvalue weighted by Crippen LogP contribution is 2.36. The normalized spacial score (nSPS) is 21.4. The third kappa shape index (κ3) is 2.38. The molecule has 2 nitrogen and oxygen atoms in total. The summed E-state index contributed by atoms with van der Waals surface area (Å²) in [6.45, 7) is 1.35. The Morgan fingerprint density at radius 1 is 1.38 bits per heavy atom. The van der Waals surface area contributed by atoms with Crippen molar-refractivity contribution in [1.29, 1.82) is 0 Å². The van der Waals surface area contributed by atoms with Crippen LogP contribution in [0, 0.1) is 0 Å². The van der Waals surface area contributed by atoms with Crippen molar-refractivity contribution in [2.45, 2.75) is 18.5 Å². The lowest BCUT2D eigenvalue weighted by Gasteiger charge is -2.16. The zero-order chi connectivity index (χ0) is 11.8. The maximum Gasteiger partial charge on any atom is 0.433 e. The highest BCUT2D eigenvalue weighted by molar-refractivity contribution is 9.10. The van der Waals surface area contributed by atoms with E-state index in [-0.39, 0.29) is 10.5 Å². The van der Waals surface area contributed by atoms with E-state index >= 15 is 0 Å². The van der Waals surface area contributed by atoms with Crippen molar-refractivity contribution in [1.82, 2.24) is 10.3 Å². The van der Waals surface area contributed by atoms with Crippen LogP contribution < -0.4 is 5.32 Å². The summed E-state index contributed by atoms with van der Waals surface area (Å²) < 4.78 is 38.6. The Kier molecular flexibility index (Phi) is 3.21. The quantitative estimate of drug-likeness (QED) is 0.806. The van der Waals surface area contributed by atoms with E-state index in [4.69, 9.17) is 0 Å². The van der Waals surface area contributed by atoms with E-state index in [9.17, 15) is 13.2 Å². The smallest absolute Gasteiger partial charge is 0.316 e. The highest BCUT2D eigenvalue weighted by Gasteiger charge is 2.37. The monoisotopic (exact) mass is 294 g/mol. The molecule has 0 aromatic carbocycles. The molecule has 1 aromatic heterocycles. The van der Waals surface area contributed by atoms with Gasteiger partial charge in [0.25, 0.3) is 0 Å². The lowest BCUT2D eigenvalue weighted by atomic mass is 9.96. The summed E-state index contributed by atoms with van der Waals surface area (Å²) in [5, 5.41) is 3.06. The molecule has 2 rings (SSSR count). The zero-order valence-electron chi connectivity index (χ0n) is 8.31. The standard InChI is InChI=1S/C10H10BrF3N2/c11-8-2-1-7(6-3-4-15-5-6)9(16-8)10(12,13)14/h1-2,6,15H,3-5H2. The Morgan fingerprint density at radius 2 is 2.12 bits per heavy atom. The van der Waals surface area contributed by atoms with Crippen molar-refractivity contribution < 1.29 is 13.2 Å². The summed E-state index contributed by atoms with van der Waals surface area (Å²) in [4.78, 5) is 3.55. The van der Waals surface area contributed by atoms with Crippen LogP contribution in [0.4, 0.5) is 13.2 Å². The Bertz CT molecular complexity index is 386. The van der Waals surface area contributed by atoms with Gasteiger partial charge >= 0.3 is 6.18 Å². The van der Waals surface area contributed by atoms with Gasteiger partial charge in [-0.25, -0.2) is 4.98 Å². The van der Waals surface area contributed by atoms with Crippen LogP contribution in [0.25, 0.3) is 0 Å². The number of pyridine rings is 1. The van der Waals surface area contributed by atoms with Gasteiger partial charge in [-0.15, -0.1) is 0 Å². The fourth-order valence-electron chi connectivity index (χ4n) is 1.92. The predicted octanol–water partition coefficient (Wildman–Crippen LogP) is 2.94. The van der Waals surface area contributed by atoms with Gasteiger partial charge < -0.3 is 5.32 Å². The van der Waals surface area contributed by atoms with Gasteiger partial charge in [-0.1, -0.05) is 6.07 Å². The first-order valence-electron chi connectivity index (χ1n) is 4.93. The zero-order valence-corrected chi connectivity index (χ0v) is 9.90. The molecule has 0 bridgehead atoms. The Hall–Kier alpha value is -0.620. The molecule has 1 aromatic rings. The van der Waals surface area contributed by atoms with Crippen molar-refractivity contribution in [2.75, 3.05) is 13.1 Å². The summed E-state index contributed by atoms with van der Waals surface area (Å²) in [6, 6.07) is 3.07. The summed E-state index contributed by atoms with van der Waals surface area (Å²) >= 11 is 2.97. The summed E-state index contributed by atoms with van der Waals surface area (Å²) in [5.41, 5.74) is -0.476. The number of alkyl halides is 3. The minimum Gasteiger partial charge on any atom is -0.316 e. The fraction of sp³-hybridized carbons (Fsp3) is 0.500.